The van der Waals surface area contributed by atoms with Gasteiger partial charge < -0.3 is 10.1 Å². The molecule has 3 heteroatoms. The molecule has 17 heavy (non-hydrogen) atoms. The van der Waals surface area contributed by atoms with Gasteiger partial charge in [0.05, 0.1) is 12.3 Å². The van der Waals surface area contributed by atoms with Crippen molar-refractivity contribution in [3.8, 4) is 0 Å². The van der Waals surface area contributed by atoms with Crippen molar-refractivity contribution in [3.63, 3.8) is 0 Å². The minimum atomic E-state index is 0.581. The Bertz CT molecular complexity index is 331. The lowest BCUT2D eigenvalue weighted by molar-refractivity contribution is 0.0948. The van der Waals surface area contributed by atoms with Gasteiger partial charge in [0.2, 0.25) is 0 Å². The van der Waals surface area contributed by atoms with Crippen LogP contribution in [0.15, 0.2) is 18.3 Å². The molecule has 94 valence electrons. The molecule has 0 bridgehead atoms. The summed E-state index contributed by atoms with van der Waals surface area (Å²) in [5.41, 5.74) is 2.27. The third kappa shape index (κ3) is 4.84. The summed E-state index contributed by atoms with van der Waals surface area (Å²) in [5, 5.41) is 3.48. The van der Waals surface area contributed by atoms with Gasteiger partial charge in [0.1, 0.15) is 0 Å². The number of ether oxygens (including phenoxy) is 1. The Labute approximate surface area is 104 Å². The van der Waals surface area contributed by atoms with E-state index in [4.69, 9.17) is 4.74 Å². The second-order valence-electron chi connectivity index (χ2n) is 5.22. The fraction of sp³-hybridized carbons (Fsp3) is 0.643. The van der Waals surface area contributed by atoms with E-state index in [9.17, 15) is 0 Å². The lowest BCUT2D eigenvalue weighted by Gasteiger charge is -2.07. The maximum atomic E-state index is 5.55. The molecular formula is C14H22N2O. The minimum absolute atomic E-state index is 0.581. The van der Waals surface area contributed by atoms with E-state index >= 15 is 0 Å². The van der Waals surface area contributed by atoms with Crippen molar-refractivity contribution in [1.82, 2.24) is 10.3 Å². The van der Waals surface area contributed by atoms with Crippen LogP contribution < -0.4 is 5.32 Å². The Kier molecular flexibility index (Phi) is 4.51. The van der Waals surface area contributed by atoms with Crippen LogP contribution in [0.2, 0.25) is 0 Å². The molecule has 2 rings (SSSR count). The summed E-state index contributed by atoms with van der Waals surface area (Å²) in [6, 6.07) is 4.95. The Morgan fingerprint density at radius 3 is 2.82 bits per heavy atom. The Morgan fingerprint density at radius 2 is 2.24 bits per heavy atom. The molecule has 1 aliphatic carbocycles. The van der Waals surface area contributed by atoms with E-state index in [1.54, 1.807) is 0 Å². The molecule has 0 aliphatic heterocycles. The fourth-order valence-electron chi connectivity index (χ4n) is 1.59. The van der Waals surface area contributed by atoms with E-state index in [0.29, 0.717) is 12.5 Å². The number of nitrogens with zero attached hydrogens (tertiary/aromatic N) is 1. The molecule has 1 heterocycles. The molecule has 0 amide bonds. The van der Waals surface area contributed by atoms with Crippen LogP contribution in [0.5, 0.6) is 0 Å². The molecule has 0 radical (unpaired) electrons. The molecular weight excluding hydrogens is 212 g/mol. The first kappa shape index (κ1) is 12.5. The number of rotatable bonds is 7. The van der Waals surface area contributed by atoms with Crippen molar-refractivity contribution in [3.05, 3.63) is 29.6 Å². The molecule has 1 saturated carbocycles. The number of aromatic nitrogens is 1. The van der Waals surface area contributed by atoms with Gasteiger partial charge >= 0.3 is 0 Å². The highest BCUT2D eigenvalue weighted by Gasteiger charge is 2.19. The van der Waals surface area contributed by atoms with Crippen molar-refractivity contribution < 1.29 is 4.74 Å². The molecule has 0 spiro atoms. The standard InChI is InChI=1S/C14H22N2O/c1-11(2)9-17-10-14-4-3-12(8-16-14)7-15-13-5-6-13/h3-4,8,11,13,15H,5-7,9-10H2,1-2H3. The summed E-state index contributed by atoms with van der Waals surface area (Å²) < 4.78 is 5.55. The molecule has 1 aromatic rings. The lowest BCUT2D eigenvalue weighted by atomic mass is 10.2. The first-order valence-electron chi connectivity index (χ1n) is 6.49. The maximum Gasteiger partial charge on any atom is 0.0887 e. The second-order valence-corrected chi connectivity index (χ2v) is 5.22. The predicted molar refractivity (Wildman–Crippen MR) is 68.6 cm³/mol. The highest BCUT2D eigenvalue weighted by Crippen LogP contribution is 2.19. The Balaban J connectivity index is 1.72. The molecule has 0 saturated heterocycles. The number of nitrogens with one attached hydrogen (secondary N) is 1. The average molecular weight is 234 g/mol. The van der Waals surface area contributed by atoms with Crippen molar-refractivity contribution in [2.24, 2.45) is 5.92 Å². The fourth-order valence-corrected chi connectivity index (χ4v) is 1.59. The van der Waals surface area contributed by atoms with Gasteiger partial charge in [-0.25, -0.2) is 0 Å². The third-order valence-corrected chi connectivity index (χ3v) is 2.76. The van der Waals surface area contributed by atoms with Crippen molar-refractivity contribution in [1.29, 1.82) is 0 Å². The second kappa shape index (κ2) is 6.12. The van der Waals surface area contributed by atoms with Crippen LogP contribution in [0.1, 0.15) is 37.9 Å². The number of hydrogen-bond donors (Lipinski definition) is 1. The summed E-state index contributed by atoms with van der Waals surface area (Å²) in [5.74, 6) is 0.581. The highest BCUT2D eigenvalue weighted by molar-refractivity contribution is 5.13. The molecule has 1 fully saturated rings. The lowest BCUT2D eigenvalue weighted by Crippen LogP contribution is -2.15. The molecule has 1 N–H and O–H groups in total. The molecule has 1 aromatic heterocycles. The zero-order valence-corrected chi connectivity index (χ0v) is 10.8. The van der Waals surface area contributed by atoms with E-state index in [2.05, 4.69) is 36.3 Å². The van der Waals surface area contributed by atoms with Crippen LogP contribution in [-0.4, -0.2) is 17.6 Å². The van der Waals surface area contributed by atoms with Crippen molar-refractivity contribution >= 4 is 0 Å². The SMILES string of the molecule is CC(C)COCc1ccc(CNC2CC2)cn1. The van der Waals surface area contributed by atoms with Crippen LogP contribution in [0.4, 0.5) is 0 Å². The third-order valence-electron chi connectivity index (χ3n) is 2.76. The first-order chi connectivity index (χ1) is 8.24. The first-order valence-corrected chi connectivity index (χ1v) is 6.49. The van der Waals surface area contributed by atoms with Crippen LogP contribution in [-0.2, 0) is 17.9 Å². The molecule has 0 unspecified atom stereocenters. The van der Waals surface area contributed by atoms with Crippen LogP contribution in [0, 0.1) is 5.92 Å². The monoisotopic (exact) mass is 234 g/mol. The molecule has 0 aromatic carbocycles. The minimum Gasteiger partial charge on any atom is -0.375 e. The zero-order valence-electron chi connectivity index (χ0n) is 10.8. The quantitative estimate of drug-likeness (QED) is 0.787. The van der Waals surface area contributed by atoms with Crippen LogP contribution in [0.25, 0.3) is 0 Å². The van der Waals surface area contributed by atoms with Gasteiger partial charge in [-0.05, 0) is 30.4 Å². The van der Waals surface area contributed by atoms with Crippen LogP contribution >= 0.6 is 0 Å². The number of pyridine rings is 1. The van der Waals surface area contributed by atoms with Gasteiger partial charge in [0.25, 0.3) is 0 Å². The molecule has 0 atom stereocenters. The maximum absolute atomic E-state index is 5.55. The summed E-state index contributed by atoms with van der Waals surface area (Å²) in [6.45, 7) is 6.66. The summed E-state index contributed by atoms with van der Waals surface area (Å²) >= 11 is 0. The van der Waals surface area contributed by atoms with E-state index in [1.807, 2.05) is 6.20 Å². The largest absolute Gasteiger partial charge is 0.375 e. The molecule has 3 nitrogen and oxygen atoms in total. The summed E-state index contributed by atoms with van der Waals surface area (Å²) in [4.78, 5) is 4.41. The summed E-state index contributed by atoms with van der Waals surface area (Å²) in [7, 11) is 0. The van der Waals surface area contributed by atoms with Gasteiger partial charge in [-0.3, -0.25) is 4.98 Å². The highest BCUT2D eigenvalue weighted by atomic mass is 16.5. The average Bonchev–Trinajstić information content (AvgIpc) is 3.11. The zero-order chi connectivity index (χ0) is 12.1. The molecule has 1 aliphatic rings. The summed E-state index contributed by atoms with van der Waals surface area (Å²) in [6.07, 6.45) is 4.60. The normalized spacial score (nSPS) is 15.5. The Morgan fingerprint density at radius 1 is 1.41 bits per heavy atom. The van der Waals surface area contributed by atoms with E-state index in [0.717, 1.165) is 24.9 Å². The van der Waals surface area contributed by atoms with Crippen molar-refractivity contribution in [2.75, 3.05) is 6.61 Å². The van der Waals surface area contributed by atoms with Crippen LogP contribution in [0.3, 0.4) is 0 Å². The van der Waals surface area contributed by atoms with E-state index in [1.165, 1.54) is 18.4 Å². The topological polar surface area (TPSA) is 34.1 Å². The van der Waals surface area contributed by atoms with Crippen molar-refractivity contribution in [2.45, 2.75) is 45.9 Å². The smallest absolute Gasteiger partial charge is 0.0887 e. The van der Waals surface area contributed by atoms with E-state index in [-0.39, 0.29) is 0 Å². The Hall–Kier alpha value is -0.930. The van der Waals surface area contributed by atoms with Gasteiger partial charge in [-0.2, -0.15) is 0 Å². The number of hydrogen-bond acceptors (Lipinski definition) is 3. The predicted octanol–water partition coefficient (Wildman–Crippen LogP) is 2.51. The van der Waals surface area contributed by atoms with Gasteiger partial charge in [0, 0.05) is 25.4 Å². The van der Waals surface area contributed by atoms with Gasteiger partial charge in [0.15, 0.2) is 0 Å². The van der Waals surface area contributed by atoms with Gasteiger partial charge in [-0.1, -0.05) is 19.9 Å². The van der Waals surface area contributed by atoms with E-state index < -0.39 is 0 Å². The van der Waals surface area contributed by atoms with Gasteiger partial charge in [-0.15, -0.1) is 0 Å².